The Balaban J connectivity index is 2.04. The minimum atomic E-state index is 0.0522. The van der Waals surface area contributed by atoms with Gasteiger partial charge >= 0.3 is 0 Å². The van der Waals surface area contributed by atoms with Gasteiger partial charge in [-0.2, -0.15) is 0 Å². The average Bonchev–Trinajstić information content (AvgIpc) is 3.14. The summed E-state index contributed by atoms with van der Waals surface area (Å²) in [5.41, 5.74) is 0. The summed E-state index contributed by atoms with van der Waals surface area (Å²) in [5, 5.41) is 2.91. The number of Topliss-reactive ketones (excluding diaryl/α,β-unsaturated/α-hetero) is 1. The molecule has 1 aliphatic rings. The summed E-state index contributed by atoms with van der Waals surface area (Å²) in [6.07, 6.45) is 4.91. The van der Waals surface area contributed by atoms with Crippen LogP contribution in [0.2, 0.25) is 0 Å². The molecule has 7 nitrogen and oxygen atoms in total. The molecule has 1 heterocycles. The van der Waals surface area contributed by atoms with Gasteiger partial charge in [0.25, 0.3) is 0 Å². The summed E-state index contributed by atoms with van der Waals surface area (Å²) in [4.78, 5) is 37.0. The highest BCUT2D eigenvalue weighted by Gasteiger charge is 2.34. The smallest absolute Gasteiger partial charge is 0.223 e. The number of nitrogens with one attached hydrogen (secondary N) is 1. The van der Waals surface area contributed by atoms with Crippen molar-refractivity contribution in [1.82, 2.24) is 10.2 Å². The number of carbonyl (C=O) groups is 3. The molecule has 30 heavy (non-hydrogen) atoms. The van der Waals surface area contributed by atoms with E-state index in [9.17, 15) is 14.4 Å². The maximum Gasteiger partial charge on any atom is 0.223 e. The Hall–Kier alpha value is -0.770. The Morgan fingerprint density at radius 2 is 1.80 bits per heavy atom. The van der Waals surface area contributed by atoms with E-state index >= 15 is 0 Å². The third kappa shape index (κ3) is 12.2. The zero-order valence-corrected chi connectivity index (χ0v) is 20.3. The largest absolute Gasteiger partial charge is 0.380 e. The molecule has 2 amide bonds. The van der Waals surface area contributed by atoms with Crippen LogP contribution in [0, 0.1) is 0 Å². The van der Waals surface area contributed by atoms with E-state index < -0.39 is 0 Å². The third-order valence-electron chi connectivity index (χ3n) is 4.94. The fraction of sp³-hybridized carbons (Fsp3) is 0.857. The number of nitrogens with zero attached hydrogens (tertiary/aromatic N) is 1. The summed E-state index contributed by atoms with van der Waals surface area (Å²) >= 11 is 0. The summed E-state index contributed by atoms with van der Waals surface area (Å²) in [5.74, 6) is 2.16. The lowest BCUT2D eigenvalue weighted by atomic mass is 10.1. The van der Waals surface area contributed by atoms with Gasteiger partial charge in [0.1, 0.15) is 5.78 Å². The molecule has 174 valence electrons. The Morgan fingerprint density at radius 1 is 1.07 bits per heavy atom. The first-order valence-electron chi connectivity index (χ1n) is 10.9. The third-order valence-corrected chi connectivity index (χ3v) is 7.43. The zero-order valence-electron chi connectivity index (χ0n) is 18.7. The van der Waals surface area contributed by atoms with Crippen molar-refractivity contribution in [3.05, 3.63) is 0 Å². The van der Waals surface area contributed by atoms with Crippen LogP contribution in [0.5, 0.6) is 0 Å². The molecule has 1 aliphatic heterocycles. The zero-order chi connectivity index (χ0) is 22.2. The fourth-order valence-electron chi connectivity index (χ4n) is 3.29. The number of likely N-dealkylation sites (tertiary alicyclic amines) is 1. The summed E-state index contributed by atoms with van der Waals surface area (Å²) in [6.45, 7) is 6.08. The van der Waals surface area contributed by atoms with Crippen molar-refractivity contribution in [1.29, 1.82) is 0 Å². The lowest BCUT2D eigenvalue weighted by molar-refractivity contribution is -0.133. The van der Waals surface area contributed by atoms with E-state index in [0.717, 1.165) is 37.2 Å². The van der Waals surface area contributed by atoms with Crippen LogP contribution < -0.4 is 5.32 Å². The molecule has 0 radical (unpaired) electrons. The Labute approximate surface area is 189 Å². The van der Waals surface area contributed by atoms with Crippen LogP contribution >= 0.6 is 21.6 Å². The van der Waals surface area contributed by atoms with Gasteiger partial charge in [-0.25, -0.2) is 0 Å². The molecule has 0 aliphatic carbocycles. The molecular weight excluding hydrogens is 424 g/mol. The predicted molar refractivity (Wildman–Crippen MR) is 124 cm³/mol. The minimum absolute atomic E-state index is 0.0522. The van der Waals surface area contributed by atoms with E-state index in [1.165, 1.54) is 0 Å². The molecule has 9 heteroatoms. The van der Waals surface area contributed by atoms with Crippen molar-refractivity contribution in [3.63, 3.8) is 0 Å². The average molecular weight is 463 g/mol. The van der Waals surface area contributed by atoms with Crippen molar-refractivity contribution >= 4 is 39.2 Å². The molecule has 0 unspecified atom stereocenters. The van der Waals surface area contributed by atoms with Crippen LogP contribution in [0.3, 0.4) is 0 Å². The van der Waals surface area contributed by atoms with Gasteiger partial charge in [-0.05, 0) is 39.5 Å². The minimum Gasteiger partial charge on any atom is -0.380 e. The second kappa shape index (κ2) is 16.9. The maximum absolute atomic E-state index is 12.6. The molecule has 0 saturated carbocycles. The number of methoxy groups -OCH3 is 1. The van der Waals surface area contributed by atoms with Crippen LogP contribution in [-0.4, -0.2) is 79.6 Å². The normalized spacial score (nSPS) is 18.6. The van der Waals surface area contributed by atoms with Crippen LogP contribution in [-0.2, 0) is 23.9 Å². The van der Waals surface area contributed by atoms with E-state index in [4.69, 9.17) is 9.47 Å². The van der Waals surface area contributed by atoms with E-state index in [0.29, 0.717) is 45.6 Å². The molecule has 1 fully saturated rings. The van der Waals surface area contributed by atoms with Crippen molar-refractivity contribution in [2.24, 2.45) is 0 Å². The summed E-state index contributed by atoms with van der Waals surface area (Å²) in [7, 11) is 5.16. The molecule has 1 rings (SSSR count). The first-order valence-corrected chi connectivity index (χ1v) is 13.4. The van der Waals surface area contributed by atoms with Crippen LogP contribution in [0.1, 0.15) is 58.8 Å². The highest BCUT2D eigenvalue weighted by molar-refractivity contribution is 8.76. The predicted octanol–water partition coefficient (Wildman–Crippen LogP) is 3.07. The van der Waals surface area contributed by atoms with Gasteiger partial charge < -0.3 is 24.5 Å². The van der Waals surface area contributed by atoms with Gasteiger partial charge in [-0.1, -0.05) is 21.6 Å². The van der Waals surface area contributed by atoms with Crippen LogP contribution in [0.4, 0.5) is 0 Å². The number of amides is 2. The van der Waals surface area contributed by atoms with E-state index in [1.54, 1.807) is 35.6 Å². The fourth-order valence-corrected chi connectivity index (χ4v) is 5.28. The summed E-state index contributed by atoms with van der Waals surface area (Å²) in [6, 6.07) is 0.121. The SMILES string of the molecule is CCOC[C@@H]1C[C@@H](OC)CN1C(=O)CCCSSCCNC(=O)CCCCC(C)=O. The van der Waals surface area contributed by atoms with Gasteiger partial charge in [-0.15, -0.1) is 0 Å². The number of ketones is 1. The second-order valence-electron chi connectivity index (χ2n) is 7.46. The Bertz CT molecular complexity index is 522. The maximum atomic E-state index is 12.6. The van der Waals surface area contributed by atoms with Gasteiger partial charge in [-0.3, -0.25) is 9.59 Å². The standard InChI is InChI=1S/C21H38N2O5S2/c1-4-28-16-18-14-19(27-3)15-23(18)21(26)10-7-12-29-30-13-11-22-20(25)9-6-5-8-17(2)24/h18-19H,4-16H2,1-3H3,(H,22,25)/t18-,19+/m0/s1. The van der Waals surface area contributed by atoms with Crippen molar-refractivity contribution in [2.75, 3.05) is 44.9 Å². The lowest BCUT2D eigenvalue weighted by Gasteiger charge is -2.24. The van der Waals surface area contributed by atoms with Gasteiger partial charge in [0.2, 0.25) is 11.8 Å². The number of hydrogen-bond donors (Lipinski definition) is 1. The van der Waals surface area contributed by atoms with E-state index in [2.05, 4.69) is 5.32 Å². The molecule has 0 spiro atoms. The highest BCUT2D eigenvalue weighted by Crippen LogP contribution is 2.24. The van der Waals surface area contributed by atoms with Crippen molar-refractivity contribution in [3.8, 4) is 0 Å². The monoisotopic (exact) mass is 462 g/mol. The quantitative estimate of drug-likeness (QED) is 0.263. The molecule has 0 aromatic rings. The Kier molecular flexibility index (Phi) is 15.3. The lowest BCUT2D eigenvalue weighted by Crippen LogP contribution is -2.38. The van der Waals surface area contributed by atoms with E-state index in [1.807, 2.05) is 11.8 Å². The molecule has 0 bridgehead atoms. The van der Waals surface area contributed by atoms with E-state index in [-0.39, 0.29) is 29.7 Å². The molecule has 0 aromatic heterocycles. The topological polar surface area (TPSA) is 84.9 Å². The van der Waals surface area contributed by atoms with Gasteiger partial charge in [0, 0.05) is 57.6 Å². The molecule has 0 aromatic carbocycles. The number of unbranched alkanes of at least 4 members (excludes halogenated alkanes) is 1. The van der Waals surface area contributed by atoms with Crippen LogP contribution in [0.15, 0.2) is 0 Å². The van der Waals surface area contributed by atoms with Crippen molar-refractivity contribution in [2.45, 2.75) is 70.9 Å². The molecule has 1 saturated heterocycles. The first kappa shape index (κ1) is 27.3. The van der Waals surface area contributed by atoms with Crippen molar-refractivity contribution < 1.29 is 23.9 Å². The number of carbonyl (C=O) groups excluding carboxylic acids is 3. The van der Waals surface area contributed by atoms with Gasteiger partial charge in [0.15, 0.2) is 0 Å². The number of hydrogen-bond acceptors (Lipinski definition) is 7. The number of rotatable bonds is 17. The van der Waals surface area contributed by atoms with Gasteiger partial charge in [0.05, 0.1) is 18.8 Å². The molecule has 2 atom stereocenters. The molecule has 1 N–H and O–H groups in total. The molecular formula is C21H38N2O5S2. The summed E-state index contributed by atoms with van der Waals surface area (Å²) < 4.78 is 11.0. The second-order valence-corrected chi connectivity index (χ2v) is 10.2. The first-order chi connectivity index (χ1) is 14.5. The van der Waals surface area contributed by atoms with Crippen LogP contribution in [0.25, 0.3) is 0 Å². The Morgan fingerprint density at radius 3 is 2.50 bits per heavy atom. The number of ether oxygens (including phenoxy) is 2. The highest BCUT2D eigenvalue weighted by atomic mass is 33.1.